The summed E-state index contributed by atoms with van der Waals surface area (Å²) in [6.07, 6.45) is 0.485. The second kappa shape index (κ2) is 8.48. The monoisotopic (exact) mass is 453 g/mol. The lowest BCUT2D eigenvalue weighted by molar-refractivity contribution is 0.118. The Kier molecular flexibility index (Phi) is 6.39. The molecule has 1 aliphatic rings. The maximum Gasteiger partial charge on any atom is 0.212 e. The van der Waals surface area contributed by atoms with E-state index in [1.54, 1.807) is 18.2 Å². The van der Waals surface area contributed by atoms with Gasteiger partial charge in [0.25, 0.3) is 0 Å². The number of hydrogen-bond acceptors (Lipinski definition) is 6. The molecule has 3 rings (SSSR count). The Morgan fingerprint density at radius 3 is 2.45 bits per heavy atom. The van der Waals surface area contributed by atoms with Crippen LogP contribution >= 0.6 is 23.2 Å². The number of hydrogen-bond donors (Lipinski definition) is 2. The number of nitrogen functional groups attached to an aromatic ring is 1. The molecule has 0 radical (unpaired) electrons. The van der Waals surface area contributed by atoms with Crippen LogP contribution in [0.15, 0.2) is 36.4 Å². The van der Waals surface area contributed by atoms with Crippen LogP contribution in [0.4, 0.5) is 5.69 Å². The standard InChI is InChI=1S/C19H21Cl2N5O2S/c1-29(27,28)26-7-6-25(11-14(26)10-22)19(24)16-8-15(17(21)9-18(16)23)12-2-4-13(20)5-3-12/h2-5,8-9,14,19H,6-7,11,23-24H2,1H3. The number of nitrogens with two attached hydrogens (primary N) is 2. The Morgan fingerprint density at radius 1 is 1.21 bits per heavy atom. The van der Waals surface area contributed by atoms with Gasteiger partial charge in [0.2, 0.25) is 10.0 Å². The van der Waals surface area contributed by atoms with E-state index in [1.807, 2.05) is 29.2 Å². The van der Waals surface area contributed by atoms with Crippen LogP contribution in [-0.4, -0.2) is 49.6 Å². The third-order valence-corrected chi connectivity index (χ3v) is 6.83. The van der Waals surface area contributed by atoms with Gasteiger partial charge in [-0.1, -0.05) is 35.3 Å². The third kappa shape index (κ3) is 4.67. The summed E-state index contributed by atoms with van der Waals surface area (Å²) in [7, 11) is -3.47. The van der Waals surface area contributed by atoms with Gasteiger partial charge in [0.1, 0.15) is 6.04 Å². The van der Waals surface area contributed by atoms with Gasteiger partial charge in [0.15, 0.2) is 0 Å². The molecule has 4 N–H and O–H groups in total. The van der Waals surface area contributed by atoms with Gasteiger partial charge in [0.05, 0.1) is 23.5 Å². The van der Waals surface area contributed by atoms with Crippen LogP contribution in [-0.2, 0) is 10.0 Å². The van der Waals surface area contributed by atoms with Gasteiger partial charge in [-0.25, -0.2) is 8.42 Å². The number of sulfonamides is 1. The van der Waals surface area contributed by atoms with Crippen molar-refractivity contribution in [1.29, 1.82) is 5.26 Å². The van der Waals surface area contributed by atoms with Crippen molar-refractivity contribution in [3.05, 3.63) is 52.0 Å². The quantitative estimate of drug-likeness (QED) is 0.687. The molecule has 2 unspecified atom stereocenters. The van der Waals surface area contributed by atoms with E-state index >= 15 is 0 Å². The van der Waals surface area contributed by atoms with Gasteiger partial charge in [-0.15, -0.1) is 0 Å². The minimum Gasteiger partial charge on any atom is -0.398 e. The minimum atomic E-state index is -3.47. The van der Waals surface area contributed by atoms with E-state index in [0.29, 0.717) is 27.8 Å². The topological polar surface area (TPSA) is 116 Å². The van der Waals surface area contributed by atoms with Gasteiger partial charge in [-0.3, -0.25) is 4.90 Å². The highest BCUT2D eigenvalue weighted by Crippen LogP contribution is 2.35. The predicted octanol–water partition coefficient (Wildman–Crippen LogP) is 2.67. The highest BCUT2D eigenvalue weighted by Gasteiger charge is 2.35. The SMILES string of the molecule is CS(=O)(=O)N1CCN(C(N)c2cc(-c3ccc(Cl)cc3)c(Cl)cc2N)CC1C#N. The maximum absolute atomic E-state index is 11.9. The number of nitrogens with zero attached hydrogens (tertiary/aromatic N) is 3. The lowest BCUT2D eigenvalue weighted by Gasteiger charge is -2.39. The molecule has 2 atom stereocenters. The molecule has 0 aliphatic carbocycles. The molecular weight excluding hydrogens is 433 g/mol. The number of benzene rings is 2. The summed E-state index contributed by atoms with van der Waals surface area (Å²) in [6, 6.07) is 12.0. The largest absolute Gasteiger partial charge is 0.398 e. The molecule has 154 valence electrons. The molecule has 1 saturated heterocycles. The van der Waals surface area contributed by atoms with Gasteiger partial charge >= 0.3 is 0 Å². The average Bonchev–Trinajstić information content (AvgIpc) is 2.67. The Bertz CT molecular complexity index is 1050. The van der Waals surface area contributed by atoms with Crippen LogP contribution in [0.1, 0.15) is 11.7 Å². The molecule has 0 aromatic heterocycles. The van der Waals surface area contributed by atoms with Crippen LogP contribution in [0.5, 0.6) is 0 Å². The van der Waals surface area contributed by atoms with E-state index in [1.165, 1.54) is 4.31 Å². The van der Waals surface area contributed by atoms with Gasteiger partial charge in [0, 0.05) is 41.5 Å². The van der Waals surface area contributed by atoms with Crippen LogP contribution < -0.4 is 11.5 Å². The first-order valence-electron chi connectivity index (χ1n) is 8.82. The average molecular weight is 454 g/mol. The molecule has 0 amide bonds. The molecule has 10 heteroatoms. The molecule has 1 fully saturated rings. The molecule has 1 heterocycles. The molecule has 2 aromatic carbocycles. The first-order valence-corrected chi connectivity index (χ1v) is 11.4. The zero-order valence-electron chi connectivity index (χ0n) is 15.7. The Morgan fingerprint density at radius 2 is 1.86 bits per heavy atom. The van der Waals surface area contributed by atoms with Crippen molar-refractivity contribution in [3.8, 4) is 17.2 Å². The normalized spacial score (nSPS) is 19.6. The fourth-order valence-corrected chi connectivity index (χ4v) is 4.85. The van der Waals surface area contributed by atoms with E-state index in [0.717, 1.165) is 17.4 Å². The molecule has 0 saturated carbocycles. The lowest BCUT2D eigenvalue weighted by atomic mass is 9.99. The molecule has 2 aromatic rings. The van der Waals surface area contributed by atoms with Gasteiger partial charge in [-0.05, 0) is 29.8 Å². The molecule has 1 aliphatic heterocycles. The number of nitriles is 1. The Hall–Kier alpha value is -1.86. The van der Waals surface area contributed by atoms with E-state index in [-0.39, 0.29) is 13.1 Å². The summed E-state index contributed by atoms with van der Waals surface area (Å²) < 4.78 is 25.0. The van der Waals surface area contributed by atoms with E-state index < -0.39 is 22.2 Å². The van der Waals surface area contributed by atoms with Crippen LogP contribution in [0.2, 0.25) is 10.0 Å². The third-order valence-electron chi connectivity index (χ3n) is 4.98. The Labute approximate surface area is 180 Å². The van der Waals surface area contributed by atoms with Crippen LogP contribution in [0.3, 0.4) is 0 Å². The number of piperazine rings is 1. The highest BCUT2D eigenvalue weighted by molar-refractivity contribution is 7.88. The highest BCUT2D eigenvalue weighted by atomic mass is 35.5. The van der Waals surface area contributed by atoms with Crippen molar-refractivity contribution in [2.45, 2.75) is 12.2 Å². The van der Waals surface area contributed by atoms with Crippen molar-refractivity contribution in [1.82, 2.24) is 9.21 Å². The van der Waals surface area contributed by atoms with Gasteiger partial charge in [-0.2, -0.15) is 9.57 Å². The second-order valence-corrected chi connectivity index (χ2v) is 9.70. The van der Waals surface area contributed by atoms with E-state index in [2.05, 4.69) is 0 Å². The Balaban J connectivity index is 1.91. The molecular formula is C19H21Cl2N5O2S. The van der Waals surface area contributed by atoms with Crippen molar-refractivity contribution in [3.63, 3.8) is 0 Å². The lowest BCUT2D eigenvalue weighted by Crippen LogP contribution is -2.56. The predicted molar refractivity (Wildman–Crippen MR) is 116 cm³/mol. The van der Waals surface area contributed by atoms with Gasteiger partial charge < -0.3 is 11.5 Å². The molecule has 0 spiro atoms. The number of halogens is 2. The summed E-state index contributed by atoms with van der Waals surface area (Å²) in [6.45, 7) is 0.746. The fraction of sp³-hybridized carbons (Fsp3) is 0.316. The van der Waals surface area contributed by atoms with Crippen LogP contribution in [0.25, 0.3) is 11.1 Å². The zero-order chi connectivity index (χ0) is 21.3. The van der Waals surface area contributed by atoms with Crippen molar-refractivity contribution in [2.75, 3.05) is 31.6 Å². The summed E-state index contributed by atoms with van der Waals surface area (Å²) >= 11 is 12.4. The second-order valence-electron chi connectivity index (χ2n) is 6.93. The summed E-state index contributed by atoms with van der Waals surface area (Å²) in [5.41, 5.74) is 15.4. The number of anilines is 1. The van der Waals surface area contributed by atoms with Crippen molar-refractivity contribution < 1.29 is 8.42 Å². The van der Waals surface area contributed by atoms with E-state index in [9.17, 15) is 13.7 Å². The van der Waals surface area contributed by atoms with Crippen LogP contribution in [0, 0.1) is 11.3 Å². The fourth-order valence-electron chi connectivity index (χ4n) is 3.45. The van der Waals surface area contributed by atoms with E-state index in [4.69, 9.17) is 34.7 Å². The smallest absolute Gasteiger partial charge is 0.212 e. The number of rotatable bonds is 4. The minimum absolute atomic E-state index is 0.183. The molecule has 7 nitrogen and oxygen atoms in total. The van der Waals surface area contributed by atoms with Crippen molar-refractivity contribution >= 4 is 38.9 Å². The maximum atomic E-state index is 11.9. The zero-order valence-corrected chi connectivity index (χ0v) is 18.0. The first kappa shape index (κ1) is 21.8. The van der Waals surface area contributed by atoms with Crippen molar-refractivity contribution in [2.24, 2.45) is 5.73 Å². The molecule has 29 heavy (non-hydrogen) atoms. The summed E-state index contributed by atoms with van der Waals surface area (Å²) in [4.78, 5) is 1.85. The molecule has 0 bridgehead atoms. The summed E-state index contributed by atoms with van der Waals surface area (Å²) in [5.74, 6) is 0. The first-order chi connectivity index (χ1) is 13.6. The summed E-state index contributed by atoms with van der Waals surface area (Å²) in [5, 5.41) is 10.5.